The van der Waals surface area contributed by atoms with E-state index in [1.54, 1.807) is 0 Å². The molecule has 25 heavy (non-hydrogen) atoms. The van der Waals surface area contributed by atoms with Crippen molar-refractivity contribution in [2.24, 2.45) is 10.7 Å². The molecule has 0 saturated carbocycles. The number of fused-ring (bicyclic) bond motifs is 1. The van der Waals surface area contributed by atoms with Crippen LogP contribution in [0.3, 0.4) is 0 Å². The maximum absolute atomic E-state index is 11.8. The zero-order valence-electron chi connectivity index (χ0n) is 14.5. The topological polar surface area (TPSA) is 129 Å². The zero-order chi connectivity index (χ0) is 18.1. The Morgan fingerprint density at radius 3 is 2.80 bits per heavy atom. The van der Waals surface area contributed by atoms with E-state index >= 15 is 0 Å². The van der Waals surface area contributed by atoms with Crippen molar-refractivity contribution in [3.63, 3.8) is 0 Å². The van der Waals surface area contributed by atoms with E-state index in [1.165, 1.54) is 0 Å². The number of nitrogens with two attached hydrogens (primary N) is 1. The van der Waals surface area contributed by atoms with Gasteiger partial charge in [0.05, 0.1) is 12.1 Å². The van der Waals surface area contributed by atoms with Crippen LogP contribution in [-0.2, 0) is 9.59 Å². The first-order valence-corrected chi connectivity index (χ1v) is 10.1. The number of carboxylic acids is 1. The Kier molecular flexibility index (Phi) is 8.33. The lowest BCUT2D eigenvalue weighted by molar-refractivity contribution is -0.137. The number of aliphatic carboxylic acids is 1. The third kappa shape index (κ3) is 6.74. The number of thioether (sulfide) groups is 1. The van der Waals surface area contributed by atoms with Crippen LogP contribution < -0.4 is 21.9 Å². The number of nitrogens with zero attached hydrogens (tertiary/aromatic N) is 1. The molecule has 0 aromatic heterocycles. The highest BCUT2D eigenvalue weighted by atomic mass is 32.2. The van der Waals surface area contributed by atoms with Gasteiger partial charge in [-0.2, -0.15) is 11.8 Å². The van der Waals surface area contributed by atoms with Crippen LogP contribution in [0.4, 0.5) is 0 Å². The van der Waals surface area contributed by atoms with Gasteiger partial charge in [-0.25, -0.2) is 4.99 Å². The number of carboxylic acid groups (broad SMARTS) is 1. The van der Waals surface area contributed by atoms with E-state index in [-0.39, 0.29) is 18.4 Å². The second-order valence-corrected chi connectivity index (χ2v) is 7.78. The van der Waals surface area contributed by atoms with E-state index < -0.39 is 5.97 Å². The van der Waals surface area contributed by atoms with Gasteiger partial charge in [0.25, 0.3) is 0 Å². The van der Waals surface area contributed by atoms with Crippen molar-refractivity contribution < 1.29 is 14.7 Å². The van der Waals surface area contributed by atoms with E-state index in [9.17, 15) is 9.59 Å². The van der Waals surface area contributed by atoms with Crippen molar-refractivity contribution in [2.45, 2.75) is 68.7 Å². The lowest BCUT2D eigenvalue weighted by Gasteiger charge is -2.13. The monoisotopic (exact) mass is 371 g/mol. The summed E-state index contributed by atoms with van der Waals surface area (Å²) in [4.78, 5) is 27.0. The van der Waals surface area contributed by atoms with E-state index in [2.05, 4.69) is 21.2 Å². The van der Waals surface area contributed by atoms with Crippen LogP contribution in [0.5, 0.6) is 0 Å². The van der Waals surface area contributed by atoms with Crippen LogP contribution in [0.2, 0.25) is 0 Å². The van der Waals surface area contributed by atoms with Gasteiger partial charge in [-0.15, -0.1) is 0 Å². The van der Waals surface area contributed by atoms with Gasteiger partial charge in [0.1, 0.15) is 0 Å². The molecule has 1 saturated heterocycles. The van der Waals surface area contributed by atoms with Gasteiger partial charge >= 0.3 is 5.97 Å². The first kappa shape index (κ1) is 19.8. The third-order valence-corrected chi connectivity index (χ3v) is 5.94. The van der Waals surface area contributed by atoms with Crippen molar-refractivity contribution in [3.05, 3.63) is 0 Å². The Labute approximate surface area is 152 Å². The smallest absolute Gasteiger partial charge is 0.303 e. The summed E-state index contributed by atoms with van der Waals surface area (Å²) in [5.74, 6) is 0.831. The molecule has 2 heterocycles. The molecule has 0 spiro atoms. The molecule has 3 atom stereocenters. The van der Waals surface area contributed by atoms with Gasteiger partial charge < -0.3 is 16.2 Å². The highest BCUT2D eigenvalue weighted by Crippen LogP contribution is 2.35. The number of amides is 1. The van der Waals surface area contributed by atoms with Crippen LogP contribution in [-0.4, -0.2) is 52.6 Å². The first-order chi connectivity index (χ1) is 12.1. The number of nitrogens with one attached hydrogen (secondary N) is 3. The lowest BCUT2D eigenvalue weighted by Crippen LogP contribution is -2.48. The molecular formula is C16H29N5O3S. The van der Waals surface area contributed by atoms with Crippen LogP contribution in [0.15, 0.2) is 4.99 Å². The van der Waals surface area contributed by atoms with E-state index in [1.807, 2.05) is 11.8 Å². The molecule has 6 N–H and O–H groups in total. The molecule has 1 amide bonds. The van der Waals surface area contributed by atoms with Crippen molar-refractivity contribution in [1.82, 2.24) is 16.2 Å². The minimum Gasteiger partial charge on any atom is -0.481 e. The van der Waals surface area contributed by atoms with Crippen LogP contribution >= 0.6 is 11.8 Å². The van der Waals surface area contributed by atoms with Crippen molar-refractivity contribution >= 4 is 29.6 Å². The molecule has 0 unspecified atom stereocenters. The summed E-state index contributed by atoms with van der Waals surface area (Å²) in [6.07, 6.45) is 6.07. The molecule has 0 aromatic carbocycles. The third-order valence-electron chi connectivity index (χ3n) is 4.44. The number of hydrogen-bond donors (Lipinski definition) is 5. The number of carbonyl (C=O) groups excluding carboxylic acids is 1. The number of unbranched alkanes of at least 4 members (excludes halogenated alkanes) is 3. The Hall–Kier alpha value is -1.48. The summed E-state index contributed by atoms with van der Waals surface area (Å²) in [6.45, 7) is 0.666. The predicted molar refractivity (Wildman–Crippen MR) is 99.3 cm³/mol. The van der Waals surface area contributed by atoms with Crippen LogP contribution in [0.1, 0.15) is 51.4 Å². The molecule has 2 aliphatic rings. The lowest BCUT2D eigenvalue weighted by atomic mass is 10.0. The minimum absolute atomic E-state index is 0.0434. The van der Waals surface area contributed by atoms with E-state index in [0.29, 0.717) is 36.6 Å². The molecule has 0 aliphatic carbocycles. The Morgan fingerprint density at radius 1 is 1.24 bits per heavy atom. The molecular weight excluding hydrogens is 342 g/mol. The standard InChI is InChI=1S/C16H29N5O3S/c17-9-5-1-2-7-13(22)20-21-16-18-11-10-25-12(15(11)19-16)6-3-4-8-14(23)24/h11-12,15H,1-10,17H2,(H,20,22)(H,23,24)(H2,18,19,21)/t11-,12-,15-/m0/s1. The van der Waals surface area contributed by atoms with Crippen LogP contribution in [0.25, 0.3) is 0 Å². The molecule has 8 nitrogen and oxygen atoms in total. The highest BCUT2D eigenvalue weighted by molar-refractivity contribution is 8.00. The summed E-state index contributed by atoms with van der Waals surface area (Å²) in [7, 11) is 0. The summed E-state index contributed by atoms with van der Waals surface area (Å²) in [5, 5.41) is 12.4. The van der Waals surface area contributed by atoms with E-state index in [4.69, 9.17) is 10.8 Å². The minimum atomic E-state index is -0.734. The average Bonchev–Trinajstić information content (AvgIpc) is 3.14. The molecule has 1 fully saturated rings. The maximum atomic E-state index is 11.8. The summed E-state index contributed by atoms with van der Waals surface area (Å²) in [5.41, 5.74) is 11.0. The zero-order valence-corrected chi connectivity index (χ0v) is 15.3. The fourth-order valence-electron chi connectivity index (χ4n) is 3.09. The number of hydrazine groups is 1. The quantitative estimate of drug-likeness (QED) is 0.281. The molecule has 2 rings (SSSR count). The highest BCUT2D eigenvalue weighted by Gasteiger charge is 2.40. The fourth-order valence-corrected chi connectivity index (χ4v) is 4.60. The summed E-state index contributed by atoms with van der Waals surface area (Å²) < 4.78 is 0. The average molecular weight is 372 g/mol. The maximum Gasteiger partial charge on any atom is 0.303 e. The number of rotatable bonds is 10. The second-order valence-electron chi connectivity index (χ2n) is 6.50. The van der Waals surface area contributed by atoms with Gasteiger partial charge in [-0.05, 0) is 32.2 Å². The Bertz CT molecular complexity index is 488. The van der Waals surface area contributed by atoms with E-state index in [0.717, 1.165) is 37.9 Å². The van der Waals surface area contributed by atoms with Gasteiger partial charge in [0, 0.05) is 23.8 Å². The first-order valence-electron chi connectivity index (χ1n) is 9.03. The van der Waals surface area contributed by atoms with Crippen molar-refractivity contribution in [3.8, 4) is 0 Å². The van der Waals surface area contributed by atoms with Gasteiger partial charge in [-0.3, -0.25) is 20.4 Å². The Balaban J connectivity index is 1.66. The number of guanidine groups is 1. The molecule has 0 radical (unpaired) electrons. The number of hydrogen-bond acceptors (Lipinski definition) is 7. The molecule has 0 bridgehead atoms. The van der Waals surface area contributed by atoms with Gasteiger partial charge in [0.2, 0.25) is 11.9 Å². The number of carbonyl (C=O) groups is 2. The largest absolute Gasteiger partial charge is 0.481 e. The Morgan fingerprint density at radius 2 is 2.04 bits per heavy atom. The molecule has 142 valence electrons. The molecule has 2 aliphatic heterocycles. The predicted octanol–water partition coefficient (Wildman–Crippen LogP) is 0.583. The van der Waals surface area contributed by atoms with Crippen molar-refractivity contribution in [2.75, 3.05) is 12.3 Å². The normalized spacial score (nSPS) is 24.4. The van der Waals surface area contributed by atoms with Crippen molar-refractivity contribution in [1.29, 1.82) is 0 Å². The summed E-state index contributed by atoms with van der Waals surface area (Å²) >= 11 is 1.89. The molecule has 0 aromatic rings. The summed E-state index contributed by atoms with van der Waals surface area (Å²) in [6, 6.07) is 0.484. The molecule has 9 heteroatoms. The second kappa shape index (κ2) is 10.5. The van der Waals surface area contributed by atoms with Gasteiger partial charge in [0.15, 0.2) is 0 Å². The number of aliphatic imine (C=N–C) groups is 1. The van der Waals surface area contributed by atoms with Gasteiger partial charge in [-0.1, -0.05) is 12.8 Å². The fraction of sp³-hybridized carbons (Fsp3) is 0.812. The SMILES string of the molecule is NCCCCCC(=O)NNC1=N[C@H]2[C@H](CS[C@H]2CCCCC(=O)O)N1. The van der Waals surface area contributed by atoms with Crippen LogP contribution in [0, 0.1) is 0 Å².